The van der Waals surface area contributed by atoms with Crippen LogP contribution in [0.5, 0.6) is 0 Å². The van der Waals surface area contributed by atoms with Crippen LogP contribution in [0.25, 0.3) is 33.3 Å². The Bertz CT molecular complexity index is 1050. The summed E-state index contributed by atoms with van der Waals surface area (Å²) in [6.45, 7) is 1.06. The van der Waals surface area contributed by atoms with Crippen LogP contribution in [0.1, 0.15) is 5.56 Å². The van der Waals surface area contributed by atoms with E-state index in [4.69, 9.17) is 0 Å². The Hall–Kier alpha value is -2.93. The maximum absolute atomic E-state index is 2.49. The van der Waals surface area contributed by atoms with Gasteiger partial charge in [0.15, 0.2) is 6.54 Å². The van der Waals surface area contributed by atoms with Crippen molar-refractivity contribution in [1.29, 1.82) is 0 Å². The van der Waals surface area contributed by atoms with Gasteiger partial charge in [0, 0.05) is 23.4 Å². The minimum Gasteiger partial charge on any atom is -0.191 e. The average molecular weight is 308 g/mol. The molecule has 0 unspecified atom stereocenters. The third-order valence-electron chi connectivity index (χ3n) is 5.02. The molecule has 1 heteroatoms. The number of nitrogens with zero attached hydrogens (tertiary/aromatic N) is 1. The molecular weight excluding hydrogens is 290 g/mol. The highest BCUT2D eigenvalue weighted by Crippen LogP contribution is 2.32. The lowest BCUT2D eigenvalue weighted by Crippen LogP contribution is -2.34. The first-order valence-electron chi connectivity index (χ1n) is 8.51. The Morgan fingerprint density at radius 1 is 0.625 bits per heavy atom. The van der Waals surface area contributed by atoms with Crippen molar-refractivity contribution in [2.24, 2.45) is 0 Å². The van der Waals surface area contributed by atoms with Gasteiger partial charge in [-0.2, -0.15) is 4.57 Å². The molecule has 4 aromatic rings. The van der Waals surface area contributed by atoms with Crippen molar-refractivity contribution in [3.8, 4) is 22.4 Å². The fourth-order valence-corrected chi connectivity index (χ4v) is 3.93. The minimum absolute atomic E-state index is 1.06. The van der Waals surface area contributed by atoms with Crippen LogP contribution in [0.3, 0.4) is 0 Å². The van der Waals surface area contributed by atoms with Crippen molar-refractivity contribution in [2.75, 3.05) is 0 Å². The van der Waals surface area contributed by atoms with Gasteiger partial charge in [-0.05, 0) is 29.3 Å². The SMILES string of the molecule is c1ccc(-c2ccccc2-c2ccc3cccc4c3[n+]2CC4)cc1. The third kappa shape index (κ3) is 1.98. The molecule has 114 valence electrons. The van der Waals surface area contributed by atoms with E-state index >= 15 is 0 Å². The van der Waals surface area contributed by atoms with Crippen LogP contribution >= 0.6 is 0 Å². The predicted molar refractivity (Wildman–Crippen MR) is 98.7 cm³/mol. The van der Waals surface area contributed by atoms with E-state index in [1.165, 1.54) is 38.9 Å². The Kier molecular flexibility index (Phi) is 2.99. The van der Waals surface area contributed by atoms with Crippen LogP contribution in [0.15, 0.2) is 84.9 Å². The summed E-state index contributed by atoms with van der Waals surface area (Å²) in [6, 6.07) is 30.6. The lowest BCUT2D eigenvalue weighted by Gasteiger charge is -2.09. The van der Waals surface area contributed by atoms with E-state index < -0.39 is 0 Å². The number of hydrogen-bond acceptors (Lipinski definition) is 0. The van der Waals surface area contributed by atoms with Gasteiger partial charge in [-0.1, -0.05) is 60.7 Å². The van der Waals surface area contributed by atoms with E-state index in [-0.39, 0.29) is 0 Å². The molecule has 0 spiro atoms. The Morgan fingerprint density at radius 2 is 1.42 bits per heavy atom. The second-order valence-electron chi connectivity index (χ2n) is 6.39. The zero-order valence-corrected chi connectivity index (χ0v) is 13.4. The van der Waals surface area contributed by atoms with Crippen LogP contribution in [0.2, 0.25) is 0 Å². The first kappa shape index (κ1) is 13.5. The lowest BCUT2D eigenvalue weighted by molar-refractivity contribution is -0.652. The van der Waals surface area contributed by atoms with Crippen molar-refractivity contribution in [1.82, 2.24) is 0 Å². The summed E-state index contributed by atoms with van der Waals surface area (Å²) < 4.78 is 2.49. The number of aromatic nitrogens is 1. The highest BCUT2D eigenvalue weighted by Gasteiger charge is 2.26. The summed E-state index contributed by atoms with van der Waals surface area (Å²) in [4.78, 5) is 0. The number of benzene rings is 3. The quantitative estimate of drug-likeness (QED) is 0.458. The van der Waals surface area contributed by atoms with Gasteiger partial charge in [-0.25, -0.2) is 0 Å². The Labute approximate surface area is 141 Å². The monoisotopic (exact) mass is 308 g/mol. The minimum atomic E-state index is 1.06. The second kappa shape index (κ2) is 5.31. The van der Waals surface area contributed by atoms with Crippen LogP contribution in [0, 0.1) is 0 Å². The maximum atomic E-state index is 2.49. The van der Waals surface area contributed by atoms with Crippen LogP contribution in [-0.4, -0.2) is 0 Å². The molecule has 1 aromatic heterocycles. The number of hydrogen-bond donors (Lipinski definition) is 0. The summed E-state index contributed by atoms with van der Waals surface area (Å²) >= 11 is 0. The summed E-state index contributed by atoms with van der Waals surface area (Å²) in [7, 11) is 0. The molecule has 3 aromatic carbocycles. The molecule has 1 aliphatic rings. The smallest absolute Gasteiger partial charge is 0.191 e. The molecule has 0 radical (unpaired) electrons. The number of pyridine rings is 1. The molecule has 5 rings (SSSR count). The second-order valence-corrected chi connectivity index (χ2v) is 6.39. The van der Waals surface area contributed by atoms with Gasteiger partial charge in [-0.15, -0.1) is 0 Å². The summed E-state index contributed by atoms with van der Waals surface area (Å²) in [5, 5.41) is 1.34. The van der Waals surface area contributed by atoms with Crippen LogP contribution in [-0.2, 0) is 13.0 Å². The molecule has 0 saturated heterocycles. The number of aryl methyl sites for hydroxylation is 2. The molecule has 0 saturated carbocycles. The molecule has 0 amide bonds. The van der Waals surface area contributed by atoms with E-state index in [1.54, 1.807) is 0 Å². The molecule has 0 bridgehead atoms. The number of para-hydroxylation sites is 1. The van der Waals surface area contributed by atoms with E-state index in [2.05, 4.69) is 89.5 Å². The molecule has 1 nitrogen and oxygen atoms in total. The molecule has 24 heavy (non-hydrogen) atoms. The zero-order chi connectivity index (χ0) is 15.9. The molecule has 1 aliphatic heterocycles. The highest BCUT2D eigenvalue weighted by atomic mass is 15.0. The van der Waals surface area contributed by atoms with Gasteiger partial charge < -0.3 is 0 Å². The van der Waals surface area contributed by atoms with E-state index in [0.29, 0.717) is 0 Å². The maximum Gasteiger partial charge on any atom is 0.216 e. The Balaban J connectivity index is 1.79. The van der Waals surface area contributed by atoms with Crippen molar-refractivity contribution < 1.29 is 4.57 Å². The van der Waals surface area contributed by atoms with Crippen LogP contribution in [0.4, 0.5) is 0 Å². The van der Waals surface area contributed by atoms with Crippen molar-refractivity contribution in [3.05, 3.63) is 90.5 Å². The molecule has 0 fully saturated rings. The summed E-state index contributed by atoms with van der Waals surface area (Å²) in [5.41, 5.74) is 8.05. The van der Waals surface area contributed by atoms with Gasteiger partial charge in [0.25, 0.3) is 0 Å². The standard InChI is InChI=1S/C23H18N/c1-2-7-17(8-3-1)20-11-4-5-12-21(20)22-14-13-18-9-6-10-19-15-16-24(22)23(18)19/h1-14H,15-16H2/q+1. The molecule has 0 atom stereocenters. The normalized spacial score (nSPS) is 12.7. The summed E-state index contributed by atoms with van der Waals surface area (Å²) in [5.74, 6) is 0. The fraction of sp³-hybridized carbons (Fsp3) is 0.0870. The molecular formula is C23H18N+. The van der Waals surface area contributed by atoms with Gasteiger partial charge in [-0.3, -0.25) is 0 Å². The van der Waals surface area contributed by atoms with Gasteiger partial charge in [0.1, 0.15) is 0 Å². The first-order chi connectivity index (χ1) is 11.9. The van der Waals surface area contributed by atoms with Crippen LogP contribution < -0.4 is 4.57 Å². The van der Waals surface area contributed by atoms with Crippen molar-refractivity contribution in [2.45, 2.75) is 13.0 Å². The lowest BCUT2D eigenvalue weighted by atomic mass is 9.97. The third-order valence-corrected chi connectivity index (χ3v) is 5.02. The molecule has 2 heterocycles. The van der Waals surface area contributed by atoms with Gasteiger partial charge >= 0.3 is 0 Å². The van der Waals surface area contributed by atoms with E-state index in [0.717, 1.165) is 13.0 Å². The topological polar surface area (TPSA) is 3.88 Å². The van der Waals surface area contributed by atoms with Gasteiger partial charge in [0.05, 0.1) is 5.56 Å². The molecule has 0 N–H and O–H groups in total. The first-order valence-corrected chi connectivity index (χ1v) is 8.51. The largest absolute Gasteiger partial charge is 0.216 e. The van der Waals surface area contributed by atoms with Gasteiger partial charge in [0.2, 0.25) is 11.2 Å². The fourth-order valence-electron chi connectivity index (χ4n) is 3.93. The summed E-state index contributed by atoms with van der Waals surface area (Å²) in [6.07, 6.45) is 1.13. The predicted octanol–water partition coefficient (Wildman–Crippen LogP) is 5.02. The van der Waals surface area contributed by atoms with E-state index in [1.807, 2.05) is 0 Å². The average Bonchev–Trinajstić information content (AvgIpc) is 3.09. The zero-order valence-electron chi connectivity index (χ0n) is 13.4. The van der Waals surface area contributed by atoms with Crippen molar-refractivity contribution in [3.63, 3.8) is 0 Å². The molecule has 0 aliphatic carbocycles. The Morgan fingerprint density at radius 3 is 2.29 bits per heavy atom. The highest BCUT2D eigenvalue weighted by molar-refractivity contribution is 5.85. The number of rotatable bonds is 2. The van der Waals surface area contributed by atoms with E-state index in [9.17, 15) is 0 Å². The van der Waals surface area contributed by atoms with Crippen molar-refractivity contribution >= 4 is 10.9 Å².